The average Bonchev–Trinajstić information content (AvgIpc) is 3.08. The molecule has 0 saturated heterocycles. The van der Waals surface area contributed by atoms with E-state index >= 15 is 0 Å². The molecule has 2 atom stereocenters. The Labute approximate surface area is 260 Å². The van der Waals surface area contributed by atoms with Crippen molar-refractivity contribution < 1.29 is 9.59 Å². The predicted molar refractivity (Wildman–Crippen MR) is 180 cm³/mol. The van der Waals surface area contributed by atoms with Gasteiger partial charge >= 0.3 is 0 Å². The van der Waals surface area contributed by atoms with E-state index in [0.29, 0.717) is 26.2 Å². The zero-order valence-corrected chi connectivity index (χ0v) is 25.6. The van der Waals surface area contributed by atoms with Crippen molar-refractivity contribution in [3.63, 3.8) is 0 Å². The van der Waals surface area contributed by atoms with Crippen LogP contribution in [-0.2, 0) is 22.7 Å². The van der Waals surface area contributed by atoms with E-state index in [1.54, 1.807) is 0 Å². The number of carbonyl (C=O) groups excluding carboxylic acids is 2. The normalized spacial score (nSPS) is 12.6. The molecule has 0 aliphatic rings. The van der Waals surface area contributed by atoms with E-state index in [4.69, 9.17) is 0 Å². The topological polar surface area (TPSA) is 82.3 Å². The molecular formula is C38H42N4O2. The largest absolute Gasteiger partial charge is 0.354 e. The number of benzene rings is 5. The fraction of sp³-hybridized carbons (Fsp3) is 0.263. The summed E-state index contributed by atoms with van der Waals surface area (Å²) in [5, 5.41) is 17.8. The highest BCUT2D eigenvalue weighted by Gasteiger charge is 2.23. The molecular weight excluding hydrogens is 544 g/mol. The summed E-state index contributed by atoms with van der Waals surface area (Å²) in [6.07, 6.45) is 1.76. The first kappa shape index (κ1) is 30.9. The van der Waals surface area contributed by atoms with Crippen molar-refractivity contribution in [3.8, 4) is 0 Å². The van der Waals surface area contributed by atoms with E-state index in [2.05, 4.69) is 83.6 Å². The second kappa shape index (κ2) is 15.3. The molecule has 0 bridgehead atoms. The number of fused-ring (bicyclic) bond motifs is 2. The van der Waals surface area contributed by atoms with Gasteiger partial charge < -0.3 is 10.6 Å². The van der Waals surface area contributed by atoms with Crippen molar-refractivity contribution in [1.29, 1.82) is 0 Å². The predicted octanol–water partition coefficient (Wildman–Crippen LogP) is 6.71. The van der Waals surface area contributed by atoms with Gasteiger partial charge in [-0.3, -0.25) is 20.2 Å². The first-order chi connectivity index (χ1) is 21.6. The van der Waals surface area contributed by atoms with E-state index in [0.717, 1.165) is 56.6 Å². The van der Waals surface area contributed by atoms with E-state index in [1.165, 1.54) is 0 Å². The van der Waals surface area contributed by atoms with Crippen molar-refractivity contribution in [2.24, 2.45) is 0 Å². The summed E-state index contributed by atoms with van der Waals surface area (Å²) in [4.78, 5) is 26.6. The van der Waals surface area contributed by atoms with Crippen LogP contribution in [-0.4, -0.2) is 24.9 Å². The molecule has 5 aromatic rings. The van der Waals surface area contributed by atoms with Crippen LogP contribution in [0.3, 0.4) is 0 Å². The highest BCUT2D eigenvalue weighted by Crippen LogP contribution is 2.34. The van der Waals surface area contributed by atoms with Gasteiger partial charge in [0.15, 0.2) is 0 Å². The second-order valence-electron chi connectivity index (χ2n) is 11.1. The Morgan fingerprint density at radius 2 is 0.818 bits per heavy atom. The molecule has 0 aliphatic carbocycles. The van der Waals surface area contributed by atoms with E-state index in [-0.39, 0.29) is 11.8 Å². The van der Waals surface area contributed by atoms with Crippen molar-refractivity contribution in [2.75, 3.05) is 13.1 Å². The van der Waals surface area contributed by atoms with Crippen LogP contribution in [0.15, 0.2) is 109 Å². The van der Waals surface area contributed by atoms with Crippen molar-refractivity contribution in [1.82, 2.24) is 21.3 Å². The smallest absolute Gasteiger partial charge is 0.241 e. The molecule has 4 N–H and O–H groups in total. The van der Waals surface area contributed by atoms with Crippen LogP contribution < -0.4 is 21.3 Å². The third kappa shape index (κ3) is 7.16. The lowest BCUT2D eigenvalue weighted by Gasteiger charge is -2.23. The second-order valence-corrected chi connectivity index (χ2v) is 11.1. The SMILES string of the molecule is CCCNC(=O)[C@@H](NCc1c2ccccc2c(CN[C@H](C(=O)NCCC)c2ccccc2)c2ccccc12)c1ccccc1. The molecule has 0 aromatic heterocycles. The summed E-state index contributed by atoms with van der Waals surface area (Å²) in [5.74, 6) is -0.0541. The average molecular weight is 587 g/mol. The van der Waals surface area contributed by atoms with Crippen molar-refractivity contribution in [2.45, 2.75) is 51.9 Å². The molecule has 0 fully saturated rings. The number of carbonyl (C=O) groups is 2. The number of nitrogens with one attached hydrogen (secondary N) is 4. The molecule has 0 spiro atoms. The Morgan fingerprint density at radius 3 is 1.14 bits per heavy atom. The first-order valence-electron chi connectivity index (χ1n) is 15.7. The minimum atomic E-state index is -0.477. The molecule has 0 saturated carbocycles. The Balaban J connectivity index is 1.51. The highest BCUT2D eigenvalue weighted by atomic mass is 16.2. The van der Waals surface area contributed by atoms with Gasteiger partial charge in [0.2, 0.25) is 11.8 Å². The molecule has 0 unspecified atom stereocenters. The molecule has 2 amide bonds. The zero-order chi connectivity index (χ0) is 30.7. The van der Waals surface area contributed by atoms with Gasteiger partial charge in [-0.05, 0) is 56.6 Å². The van der Waals surface area contributed by atoms with Crippen LogP contribution >= 0.6 is 0 Å². The summed E-state index contributed by atoms with van der Waals surface area (Å²) in [5.41, 5.74) is 4.15. The molecule has 0 heterocycles. The van der Waals surface area contributed by atoms with Crippen LogP contribution in [0.1, 0.15) is 61.0 Å². The van der Waals surface area contributed by atoms with Gasteiger partial charge in [0.05, 0.1) is 0 Å². The quantitative estimate of drug-likeness (QED) is 0.109. The van der Waals surface area contributed by atoms with Crippen LogP contribution in [0, 0.1) is 0 Å². The molecule has 226 valence electrons. The van der Waals surface area contributed by atoms with Gasteiger partial charge in [-0.15, -0.1) is 0 Å². The number of hydrogen-bond donors (Lipinski definition) is 4. The fourth-order valence-corrected chi connectivity index (χ4v) is 5.81. The third-order valence-corrected chi connectivity index (χ3v) is 8.01. The maximum atomic E-state index is 13.3. The molecule has 44 heavy (non-hydrogen) atoms. The van der Waals surface area contributed by atoms with Crippen LogP contribution in [0.5, 0.6) is 0 Å². The lowest BCUT2D eigenvalue weighted by molar-refractivity contribution is -0.124. The summed E-state index contributed by atoms with van der Waals surface area (Å²) >= 11 is 0. The Hall–Kier alpha value is -4.52. The molecule has 5 rings (SSSR count). The summed E-state index contributed by atoms with van der Waals surface area (Å²) in [6, 6.07) is 35.7. The van der Waals surface area contributed by atoms with Crippen molar-refractivity contribution >= 4 is 33.4 Å². The van der Waals surface area contributed by atoms with Gasteiger partial charge in [0, 0.05) is 26.2 Å². The van der Waals surface area contributed by atoms with Gasteiger partial charge in [0.1, 0.15) is 12.1 Å². The standard InChI is InChI=1S/C38H42N4O2/c1-3-23-39-37(43)35(27-15-7-5-8-16-27)41-25-33-29-19-11-13-21-31(29)34(32-22-14-12-20-30(32)33)26-42-36(38(44)40-24-4-2)28-17-9-6-10-18-28/h5-22,35-36,41-42H,3-4,23-26H2,1-2H3,(H,39,43)(H,40,44)/t35-,36-/m0/s1. The lowest BCUT2D eigenvalue weighted by Crippen LogP contribution is -2.38. The Morgan fingerprint density at radius 1 is 0.500 bits per heavy atom. The van der Waals surface area contributed by atoms with Crippen molar-refractivity contribution in [3.05, 3.63) is 131 Å². The van der Waals surface area contributed by atoms with E-state index < -0.39 is 12.1 Å². The highest BCUT2D eigenvalue weighted by molar-refractivity contribution is 6.06. The van der Waals surface area contributed by atoms with Gasteiger partial charge in [-0.1, -0.05) is 123 Å². The van der Waals surface area contributed by atoms with E-state index in [1.807, 2.05) is 60.7 Å². The maximum absolute atomic E-state index is 13.3. The summed E-state index contributed by atoms with van der Waals surface area (Å²) in [6.45, 7) is 6.41. The number of hydrogen-bond acceptors (Lipinski definition) is 4. The van der Waals surface area contributed by atoms with Gasteiger partial charge in [-0.25, -0.2) is 0 Å². The Bertz CT molecular complexity index is 1510. The maximum Gasteiger partial charge on any atom is 0.241 e. The van der Waals surface area contributed by atoms with Crippen LogP contribution in [0.4, 0.5) is 0 Å². The van der Waals surface area contributed by atoms with Crippen LogP contribution in [0.25, 0.3) is 21.5 Å². The van der Waals surface area contributed by atoms with E-state index in [9.17, 15) is 9.59 Å². The lowest BCUT2D eigenvalue weighted by atomic mass is 9.91. The van der Waals surface area contributed by atoms with Gasteiger partial charge in [-0.2, -0.15) is 0 Å². The summed E-state index contributed by atoms with van der Waals surface area (Å²) in [7, 11) is 0. The summed E-state index contributed by atoms with van der Waals surface area (Å²) < 4.78 is 0. The monoisotopic (exact) mass is 586 g/mol. The van der Waals surface area contributed by atoms with Crippen LogP contribution in [0.2, 0.25) is 0 Å². The minimum Gasteiger partial charge on any atom is -0.354 e. The molecule has 0 aliphatic heterocycles. The molecule has 6 heteroatoms. The third-order valence-electron chi connectivity index (χ3n) is 8.01. The minimum absolute atomic E-state index is 0.0271. The molecule has 0 radical (unpaired) electrons. The number of rotatable bonds is 14. The first-order valence-corrected chi connectivity index (χ1v) is 15.7. The number of amides is 2. The fourth-order valence-electron chi connectivity index (χ4n) is 5.81. The van der Waals surface area contributed by atoms with Gasteiger partial charge in [0.25, 0.3) is 0 Å². The molecule has 6 nitrogen and oxygen atoms in total. The molecule has 5 aromatic carbocycles. The Kier molecular flexibility index (Phi) is 10.7. The zero-order valence-electron chi connectivity index (χ0n) is 25.6.